The van der Waals surface area contributed by atoms with E-state index in [0.29, 0.717) is 38.2 Å². The zero-order valence-electron chi connectivity index (χ0n) is 20.7. The van der Waals surface area contributed by atoms with E-state index in [0.717, 1.165) is 29.8 Å². The fourth-order valence-corrected chi connectivity index (χ4v) is 5.53. The van der Waals surface area contributed by atoms with Crippen LogP contribution in [0.25, 0.3) is 11.1 Å². The maximum atomic E-state index is 13.1. The van der Waals surface area contributed by atoms with E-state index >= 15 is 0 Å². The standard InChI is InChI=1S/C25H22Cl2FN5O5S2/c1-14-10-17(4-2-16(14)12-31-40(36,37)19-7-5-18(6-8-19)39(28,34)35)38-13-22-23(24(29)33-25(30)32-22)15-3-9-20(26)21(27)11-15/h2-11,31H,12-13H2,1H3,(H4,29,30,32,33). The smallest absolute Gasteiger partial charge is 0.332 e. The van der Waals surface area contributed by atoms with Crippen molar-refractivity contribution in [1.82, 2.24) is 14.7 Å². The van der Waals surface area contributed by atoms with Gasteiger partial charge in [-0.3, -0.25) is 0 Å². The Bertz CT molecular complexity index is 1810. The Morgan fingerprint density at radius 2 is 1.57 bits per heavy atom. The number of ether oxygens (including phenoxy) is 1. The van der Waals surface area contributed by atoms with Crippen LogP contribution in [-0.4, -0.2) is 26.8 Å². The first kappa shape index (κ1) is 29.5. The summed E-state index contributed by atoms with van der Waals surface area (Å²) in [6.45, 7) is 1.71. The summed E-state index contributed by atoms with van der Waals surface area (Å²) in [5.41, 5.74) is 14.9. The molecule has 0 saturated heterocycles. The van der Waals surface area contributed by atoms with Gasteiger partial charge in [-0.05, 0) is 72.1 Å². The van der Waals surface area contributed by atoms with Crippen molar-refractivity contribution >= 4 is 55.2 Å². The minimum absolute atomic E-state index is 0.0114. The minimum atomic E-state index is -4.93. The van der Waals surface area contributed by atoms with Crippen LogP contribution < -0.4 is 20.9 Å². The van der Waals surface area contributed by atoms with Crippen LogP contribution >= 0.6 is 23.2 Å². The highest BCUT2D eigenvalue weighted by Crippen LogP contribution is 2.33. The summed E-state index contributed by atoms with van der Waals surface area (Å²) < 4.78 is 68.6. The van der Waals surface area contributed by atoms with E-state index in [1.54, 1.807) is 43.3 Å². The topological polar surface area (TPSA) is 167 Å². The van der Waals surface area contributed by atoms with Crippen molar-refractivity contribution in [3.8, 4) is 16.9 Å². The molecule has 4 aromatic rings. The largest absolute Gasteiger partial charge is 0.487 e. The van der Waals surface area contributed by atoms with E-state index in [2.05, 4.69) is 14.7 Å². The molecule has 10 nitrogen and oxygen atoms in total. The maximum absolute atomic E-state index is 13.1. The van der Waals surface area contributed by atoms with Gasteiger partial charge in [0, 0.05) is 12.1 Å². The molecule has 0 bridgehead atoms. The summed E-state index contributed by atoms with van der Waals surface area (Å²) >= 11 is 12.2. The number of sulfonamides is 1. The van der Waals surface area contributed by atoms with Gasteiger partial charge >= 0.3 is 10.2 Å². The second-order valence-corrected chi connectivity index (χ2v) is 12.5. The molecule has 0 saturated carbocycles. The van der Waals surface area contributed by atoms with Gasteiger partial charge in [0.1, 0.15) is 18.2 Å². The van der Waals surface area contributed by atoms with Crippen molar-refractivity contribution in [3.05, 3.63) is 87.5 Å². The highest BCUT2D eigenvalue weighted by Gasteiger charge is 2.18. The predicted octanol–water partition coefficient (Wildman–Crippen LogP) is 4.64. The SMILES string of the molecule is Cc1cc(OCc2nc(N)nc(N)c2-c2ccc(Cl)c(Cl)c2)ccc1CNS(=O)(=O)c1ccc(S(=O)(=O)F)cc1. The normalized spacial score (nSPS) is 11.9. The van der Waals surface area contributed by atoms with Gasteiger partial charge in [0.15, 0.2) is 0 Å². The van der Waals surface area contributed by atoms with Gasteiger partial charge in [0.05, 0.1) is 25.5 Å². The summed E-state index contributed by atoms with van der Waals surface area (Å²) in [6.07, 6.45) is 0. The van der Waals surface area contributed by atoms with Crippen LogP contribution in [0.1, 0.15) is 16.8 Å². The maximum Gasteiger partial charge on any atom is 0.332 e. The van der Waals surface area contributed by atoms with Gasteiger partial charge in [-0.25, -0.2) is 18.1 Å². The molecule has 40 heavy (non-hydrogen) atoms. The zero-order chi connectivity index (χ0) is 29.2. The molecule has 210 valence electrons. The van der Waals surface area contributed by atoms with Crippen LogP contribution in [0.15, 0.2) is 70.5 Å². The van der Waals surface area contributed by atoms with Gasteiger partial charge in [0.25, 0.3) is 0 Å². The molecule has 5 N–H and O–H groups in total. The molecule has 0 aliphatic carbocycles. The number of anilines is 2. The third kappa shape index (κ3) is 6.80. The Hall–Kier alpha value is -3.49. The second kappa shape index (κ2) is 11.6. The number of nitrogens with zero attached hydrogens (tertiary/aromatic N) is 2. The van der Waals surface area contributed by atoms with Gasteiger partial charge in [-0.2, -0.15) is 13.4 Å². The Labute approximate surface area is 240 Å². The lowest BCUT2D eigenvalue weighted by atomic mass is 10.0. The number of nitrogens with one attached hydrogen (secondary N) is 1. The highest BCUT2D eigenvalue weighted by molar-refractivity contribution is 7.89. The van der Waals surface area contributed by atoms with Crippen LogP contribution in [0.3, 0.4) is 0 Å². The first-order valence-corrected chi connectivity index (χ1v) is 15.0. The molecule has 0 atom stereocenters. The number of hydrogen-bond acceptors (Lipinski definition) is 9. The first-order valence-electron chi connectivity index (χ1n) is 11.4. The van der Waals surface area contributed by atoms with Crippen molar-refractivity contribution in [3.63, 3.8) is 0 Å². The van der Waals surface area contributed by atoms with Crippen LogP contribution in [0.2, 0.25) is 10.0 Å². The summed E-state index contributed by atoms with van der Waals surface area (Å²) in [5.74, 6) is 0.590. The summed E-state index contributed by atoms with van der Waals surface area (Å²) in [6, 6.07) is 13.8. The van der Waals surface area contributed by atoms with E-state index in [1.807, 2.05) is 0 Å². The molecule has 15 heteroatoms. The number of rotatable bonds is 9. The monoisotopic (exact) mass is 625 g/mol. The fraction of sp³-hybridized carbons (Fsp3) is 0.120. The molecule has 1 heterocycles. The molecule has 0 fully saturated rings. The van der Waals surface area contributed by atoms with Crippen molar-refractivity contribution < 1.29 is 25.5 Å². The van der Waals surface area contributed by atoms with Crippen LogP contribution in [0, 0.1) is 6.92 Å². The molecular weight excluding hydrogens is 604 g/mol. The zero-order valence-corrected chi connectivity index (χ0v) is 23.9. The Kier molecular flexibility index (Phi) is 8.52. The van der Waals surface area contributed by atoms with Crippen LogP contribution in [0.5, 0.6) is 5.75 Å². The summed E-state index contributed by atoms with van der Waals surface area (Å²) in [7, 11) is -8.93. The van der Waals surface area contributed by atoms with Gasteiger partial charge in [-0.15, -0.1) is 3.89 Å². The molecule has 0 aliphatic heterocycles. The molecule has 4 rings (SSSR count). The molecule has 3 aromatic carbocycles. The molecule has 0 unspecified atom stereocenters. The van der Waals surface area contributed by atoms with Crippen LogP contribution in [0.4, 0.5) is 15.7 Å². The van der Waals surface area contributed by atoms with Gasteiger partial charge in [0.2, 0.25) is 16.0 Å². The van der Waals surface area contributed by atoms with Crippen molar-refractivity contribution in [2.45, 2.75) is 29.9 Å². The third-order valence-electron chi connectivity index (χ3n) is 5.80. The van der Waals surface area contributed by atoms with E-state index in [9.17, 15) is 20.7 Å². The highest BCUT2D eigenvalue weighted by atomic mass is 35.5. The Balaban J connectivity index is 1.48. The van der Waals surface area contributed by atoms with Crippen molar-refractivity contribution in [1.29, 1.82) is 0 Å². The Morgan fingerprint density at radius 1 is 0.900 bits per heavy atom. The van der Waals surface area contributed by atoms with Crippen molar-refractivity contribution in [2.24, 2.45) is 0 Å². The van der Waals surface area contributed by atoms with E-state index in [-0.39, 0.29) is 29.8 Å². The van der Waals surface area contributed by atoms with E-state index < -0.39 is 25.1 Å². The number of aromatic nitrogens is 2. The van der Waals surface area contributed by atoms with E-state index in [1.165, 1.54) is 0 Å². The number of aryl methyl sites for hydroxylation is 1. The summed E-state index contributed by atoms with van der Waals surface area (Å²) in [4.78, 5) is 7.47. The summed E-state index contributed by atoms with van der Waals surface area (Å²) in [5, 5.41) is 0.704. The number of benzene rings is 3. The second-order valence-electron chi connectivity index (χ2n) is 8.53. The molecule has 0 aliphatic rings. The Morgan fingerprint density at radius 3 is 2.20 bits per heavy atom. The van der Waals surface area contributed by atoms with Gasteiger partial charge < -0.3 is 16.2 Å². The average Bonchev–Trinajstić information content (AvgIpc) is 2.88. The third-order valence-corrected chi connectivity index (χ3v) is 8.79. The van der Waals surface area contributed by atoms with Crippen LogP contribution in [-0.2, 0) is 33.4 Å². The lowest BCUT2D eigenvalue weighted by Gasteiger charge is -2.15. The fourth-order valence-electron chi connectivity index (χ4n) is 3.76. The molecular formula is C25H22Cl2FN5O5S2. The number of nitrogen functional groups attached to an aromatic ring is 2. The van der Waals surface area contributed by atoms with E-state index in [4.69, 9.17) is 39.4 Å². The number of halogens is 3. The molecule has 1 aromatic heterocycles. The first-order chi connectivity index (χ1) is 18.7. The van der Waals surface area contributed by atoms with Crippen molar-refractivity contribution in [2.75, 3.05) is 11.5 Å². The molecule has 0 amide bonds. The lowest BCUT2D eigenvalue weighted by molar-refractivity contribution is 0.301. The van der Waals surface area contributed by atoms with Gasteiger partial charge in [-0.1, -0.05) is 35.3 Å². The lowest BCUT2D eigenvalue weighted by Crippen LogP contribution is -2.23. The number of hydrogen-bond donors (Lipinski definition) is 3. The quantitative estimate of drug-likeness (QED) is 0.224. The molecule has 0 spiro atoms. The number of nitrogens with two attached hydrogens (primary N) is 2. The average molecular weight is 627 g/mol. The predicted molar refractivity (Wildman–Crippen MR) is 151 cm³/mol. The molecule has 0 radical (unpaired) electrons. The minimum Gasteiger partial charge on any atom is -0.487 e.